The van der Waals surface area contributed by atoms with Crippen molar-refractivity contribution in [2.45, 2.75) is 24.8 Å². The standard InChI is InChI=1S/C21H18FNO4/c1-27-17-7-2-13-11-23(20(26)18(13)9-17)12-21(10-16(24)8-19(21)25)14-3-5-15(22)6-4-14/h2-7,9H,8,10-12H2,1H3. The zero-order valence-electron chi connectivity index (χ0n) is 14.8. The second-order valence-electron chi connectivity index (χ2n) is 7.09. The second kappa shape index (κ2) is 6.30. The minimum atomic E-state index is -1.12. The highest BCUT2D eigenvalue weighted by atomic mass is 19.1. The Balaban J connectivity index is 1.69. The predicted octanol–water partition coefficient (Wildman–Crippen LogP) is 2.66. The van der Waals surface area contributed by atoms with E-state index in [0.717, 1.165) is 5.56 Å². The van der Waals surface area contributed by atoms with E-state index in [0.29, 0.717) is 23.4 Å². The first-order chi connectivity index (χ1) is 12.9. The van der Waals surface area contributed by atoms with Gasteiger partial charge in [-0.15, -0.1) is 0 Å². The highest BCUT2D eigenvalue weighted by molar-refractivity contribution is 6.12. The first kappa shape index (κ1) is 17.4. The third-order valence-electron chi connectivity index (χ3n) is 5.44. The number of Topliss-reactive ketones (excluding diaryl/α,β-unsaturated/α-hetero) is 2. The molecule has 138 valence electrons. The Bertz CT molecular complexity index is 953. The molecule has 2 aliphatic rings. The van der Waals surface area contributed by atoms with Crippen LogP contribution in [0.3, 0.4) is 0 Å². The molecule has 1 atom stereocenters. The first-order valence-electron chi connectivity index (χ1n) is 8.70. The fourth-order valence-corrected chi connectivity index (χ4v) is 4.03. The molecule has 0 bridgehead atoms. The number of amides is 1. The Morgan fingerprint density at radius 1 is 1.11 bits per heavy atom. The Hall–Kier alpha value is -3.02. The molecule has 1 aliphatic heterocycles. The lowest BCUT2D eigenvalue weighted by atomic mass is 9.77. The zero-order chi connectivity index (χ0) is 19.2. The molecule has 1 saturated carbocycles. The number of ether oxygens (including phenoxy) is 1. The lowest BCUT2D eigenvalue weighted by molar-refractivity contribution is -0.123. The fourth-order valence-electron chi connectivity index (χ4n) is 4.03. The van der Waals surface area contributed by atoms with Gasteiger partial charge in [0.1, 0.15) is 17.3 Å². The van der Waals surface area contributed by atoms with Crippen molar-refractivity contribution < 1.29 is 23.5 Å². The SMILES string of the molecule is COc1ccc2c(c1)C(=O)N(CC1(c3ccc(F)cc3)CC(=O)CC1=O)C2. The summed E-state index contributed by atoms with van der Waals surface area (Å²) < 4.78 is 18.5. The molecule has 2 aromatic carbocycles. The van der Waals surface area contributed by atoms with Gasteiger partial charge in [0, 0.05) is 25.1 Å². The molecule has 2 aromatic rings. The Morgan fingerprint density at radius 2 is 1.85 bits per heavy atom. The van der Waals surface area contributed by atoms with Gasteiger partial charge in [0.05, 0.1) is 18.9 Å². The van der Waals surface area contributed by atoms with Crippen molar-refractivity contribution in [1.29, 1.82) is 0 Å². The number of hydrogen-bond acceptors (Lipinski definition) is 4. The molecule has 6 heteroatoms. The molecule has 4 rings (SSSR count). The van der Waals surface area contributed by atoms with Gasteiger partial charge in [-0.1, -0.05) is 18.2 Å². The van der Waals surface area contributed by atoms with Crippen LogP contribution in [0.1, 0.15) is 34.3 Å². The smallest absolute Gasteiger partial charge is 0.254 e. The van der Waals surface area contributed by atoms with Gasteiger partial charge in [0.25, 0.3) is 5.91 Å². The number of ketones is 2. The molecule has 27 heavy (non-hydrogen) atoms. The molecule has 1 fully saturated rings. The normalized spacial score (nSPS) is 21.7. The van der Waals surface area contributed by atoms with Gasteiger partial charge in [-0.3, -0.25) is 14.4 Å². The first-order valence-corrected chi connectivity index (χ1v) is 8.70. The average molecular weight is 367 g/mol. The molecule has 1 unspecified atom stereocenters. The third-order valence-corrected chi connectivity index (χ3v) is 5.44. The summed E-state index contributed by atoms with van der Waals surface area (Å²) in [5, 5.41) is 0. The highest BCUT2D eigenvalue weighted by Gasteiger charge is 2.50. The van der Waals surface area contributed by atoms with Gasteiger partial charge < -0.3 is 9.64 Å². The highest BCUT2D eigenvalue weighted by Crippen LogP contribution is 2.39. The number of hydrogen-bond donors (Lipinski definition) is 0. The zero-order valence-corrected chi connectivity index (χ0v) is 14.8. The summed E-state index contributed by atoms with van der Waals surface area (Å²) in [6.07, 6.45) is -0.124. The number of fused-ring (bicyclic) bond motifs is 1. The van der Waals surface area contributed by atoms with Gasteiger partial charge in [0.2, 0.25) is 0 Å². The van der Waals surface area contributed by atoms with Crippen molar-refractivity contribution in [3.8, 4) is 5.75 Å². The predicted molar refractivity (Wildman–Crippen MR) is 95.1 cm³/mol. The number of nitrogens with zero attached hydrogens (tertiary/aromatic N) is 1. The van der Waals surface area contributed by atoms with Crippen LogP contribution in [0.4, 0.5) is 4.39 Å². The third kappa shape index (κ3) is 2.81. The van der Waals surface area contributed by atoms with E-state index in [1.54, 1.807) is 17.0 Å². The summed E-state index contributed by atoms with van der Waals surface area (Å²) in [5.41, 5.74) is 0.848. The fraction of sp³-hybridized carbons (Fsp3) is 0.286. The summed E-state index contributed by atoms with van der Waals surface area (Å²) in [6, 6.07) is 10.9. The van der Waals surface area contributed by atoms with Crippen LogP contribution in [-0.2, 0) is 21.5 Å². The molecule has 0 radical (unpaired) electrons. The van der Waals surface area contributed by atoms with Crippen molar-refractivity contribution in [3.05, 3.63) is 65.0 Å². The van der Waals surface area contributed by atoms with Crippen LogP contribution < -0.4 is 4.74 Å². The van der Waals surface area contributed by atoms with E-state index in [1.807, 2.05) is 6.07 Å². The number of halogens is 1. The molecule has 0 saturated heterocycles. The van der Waals surface area contributed by atoms with Crippen LogP contribution in [0.25, 0.3) is 0 Å². The van der Waals surface area contributed by atoms with E-state index in [2.05, 4.69) is 0 Å². The van der Waals surface area contributed by atoms with Crippen molar-refractivity contribution in [2.75, 3.05) is 13.7 Å². The Labute approximate surface area is 155 Å². The maximum atomic E-state index is 13.4. The van der Waals surface area contributed by atoms with Crippen LogP contribution in [-0.4, -0.2) is 36.0 Å². The summed E-state index contributed by atoms with van der Waals surface area (Å²) in [4.78, 5) is 39.3. The van der Waals surface area contributed by atoms with Gasteiger partial charge in [-0.25, -0.2) is 4.39 Å². The minimum Gasteiger partial charge on any atom is -0.497 e. The van der Waals surface area contributed by atoms with E-state index in [4.69, 9.17) is 4.74 Å². The lowest BCUT2D eigenvalue weighted by Crippen LogP contribution is -2.44. The Morgan fingerprint density at radius 3 is 2.48 bits per heavy atom. The summed E-state index contributed by atoms with van der Waals surface area (Å²) >= 11 is 0. The maximum Gasteiger partial charge on any atom is 0.254 e. The van der Waals surface area contributed by atoms with E-state index in [-0.39, 0.29) is 36.9 Å². The van der Waals surface area contributed by atoms with Gasteiger partial charge in [-0.05, 0) is 35.4 Å². The lowest BCUT2D eigenvalue weighted by Gasteiger charge is -2.32. The maximum absolute atomic E-state index is 13.4. The topological polar surface area (TPSA) is 63.7 Å². The summed E-state index contributed by atoms with van der Waals surface area (Å²) in [7, 11) is 1.53. The van der Waals surface area contributed by atoms with Crippen molar-refractivity contribution >= 4 is 17.5 Å². The number of benzene rings is 2. The van der Waals surface area contributed by atoms with Crippen molar-refractivity contribution in [3.63, 3.8) is 0 Å². The molecule has 0 aromatic heterocycles. The van der Waals surface area contributed by atoms with E-state index in [1.165, 1.54) is 31.4 Å². The van der Waals surface area contributed by atoms with Crippen LogP contribution in [0.5, 0.6) is 5.75 Å². The van der Waals surface area contributed by atoms with Crippen LogP contribution in [0.2, 0.25) is 0 Å². The molecule has 1 amide bonds. The van der Waals surface area contributed by atoms with E-state index < -0.39 is 11.2 Å². The van der Waals surface area contributed by atoms with Crippen LogP contribution in [0.15, 0.2) is 42.5 Å². The van der Waals surface area contributed by atoms with Crippen molar-refractivity contribution in [1.82, 2.24) is 4.90 Å². The average Bonchev–Trinajstić information content (AvgIpc) is 3.12. The second-order valence-corrected chi connectivity index (χ2v) is 7.09. The van der Waals surface area contributed by atoms with E-state index >= 15 is 0 Å². The number of carbonyl (C=O) groups is 3. The number of methoxy groups -OCH3 is 1. The molecule has 1 aliphatic carbocycles. The molecular formula is C21H18FNO4. The summed E-state index contributed by atoms with van der Waals surface area (Å²) in [6.45, 7) is 0.460. The summed E-state index contributed by atoms with van der Waals surface area (Å²) in [5.74, 6) is -0.403. The van der Waals surface area contributed by atoms with Crippen molar-refractivity contribution in [2.24, 2.45) is 0 Å². The molecular weight excluding hydrogens is 349 g/mol. The van der Waals surface area contributed by atoms with E-state index in [9.17, 15) is 18.8 Å². The van der Waals surface area contributed by atoms with Gasteiger partial charge in [-0.2, -0.15) is 0 Å². The molecule has 0 N–H and O–H groups in total. The monoisotopic (exact) mass is 367 g/mol. The molecule has 1 heterocycles. The number of rotatable bonds is 4. The van der Waals surface area contributed by atoms with Gasteiger partial charge in [0.15, 0.2) is 5.78 Å². The van der Waals surface area contributed by atoms with Gasteiger partial charge >= 0.3 is 0 Å². The quantitative estimate of drug-likeness (QED) is 0.780. The minimum absolute atomic E-state index is 0.0287. The van der Waals surface area contributed by atoms with Crippen LogP contribution in [0, 0.1) is 5.82 Å². The van der Waals surface area contributed by atoms with Crippen LogP contribution >= 0.6 is 0 Å². The molecule has 0 spiro atoms. The number of carbonyl (C=O) groups excluding carboxylic acids is 3. The largest absolute Gasteiger partial charge is 0.497 e. The molecule has 5 nitrogen and oxygen atoms in total. The Kier molecular flexibility index (Phi) is 4.06.